The van der Waals surface area contributed by atoms with E-state index in [2.05, 4.69) is 20.9 Å². The predicted octanol–water partition coefficient (Wildman–Crippen LogP) is 3.59. The van der Waals surface area contributed by atoms with Gasteiger partial charge >= 0.3 is 5.97 Å². The number of halogens is 1. The number of carboxylic acid groups (broad SMARTS) is 1. The molecule has 0 saturated heterocycles. The van der Waals surface area contributed by atoms with Crippen molar-refractivity contribution in [2.45, 2.75) is 17.0 Å². The summed E-state index contributed by atoms with van der Waals surface area (Å²) in [6.45, 7) is 1.83. The normalized spacial score (nSPS) is 10.5. The third kappa shape index (κ3) is 3.10. The summed E-state index contributed by atoms with van der Waals surface area (Å²) in [5.41, 5.74) is 1.02. The van der Waals surface area contributed by atoms with Crippen molar-refractivity contribution in [1.82, 2.24) is 4.98 Å². The molecule has 6 heteroatoms. The number of hydrogen-bond acceptors (Lipinski definition) is 4. The minimum atomic E-state index is -0.961. The van der Waals surface area contributed by atoms with Crippen LogP contribution in [0.15, 0.2) is 43.5 Å². The second kappa shape index (κ2) is 4.93. The number of benzene rings is 1. The van der Waals surface area contributed by atoms with E-state index in [1.54, 1.807) is 18.4 Å². The van der Waals surface area contributed by atoms with E-state index in [-0.39, 0.29) is 5.56 Å². The first-order valence-corrected chi connectivity index (χ1v) is 6.29. The molecule has 0 bridgehead atoms. The van der Waals surface area contributed by atoms with Gasteiger partial charge in [-0.3, -0.25) is 0 Å². The molecule has 0 radical (unpaired) electrons. The molecular weight excluding hydrogens is 306 g/mol. The van der Waals surface area contributed by atoms with Crippen LogP contribution < -0.4 is 0 Å². The molecule has 0 atom stereocenters. The number of nitrogens with zero attached hydrogens (tertiary/aromatic N) is 1. The highest BCUT2D eigenvalue weighted by molar-refractivity contribution is 9.10. The topological polar surface area (TPSA) is 63.3 Å². The molecule has 0 spiro atoms. The van der Waals surface area contributed by atoms with Crippen LogP contribution in [-0.4, -0.2) is 16.1 Å². The first-order valence-electron chi connectivity index (χ1n) is 4.68. The van der Waals surface area contributed by atoms with Gasteiger partial charge in [0.2, 0.25) is 0 Å². The molecule has 0 aliphatic carbocycles. The molecule has 17 heavy (non-hydrogen) atoms. The molecule has 1 N–H and O–H groups in total. The lowest BCUT2D eigenvalue weighted by molar-refractivity contribution is 0.0696. The number of aryl methyl sites for hydroxylation is 1. The maximum atomic E-state index is 10.9. The second-order valence-corrected chi connectivity index (χ2v) is 5.28. The summed E-state index contributed by atoms with van der Waals surface area (Å²) >= 11 is 4.56. The number of hydrogen-bond donors (Lipinski definition) is 1. The molecule has 0 amide bonds. The highest BCUT2D eigenvalue weighted by Gasteiger charge is 2.09. The van der Waals surface area contributed by atoms with E-state index in [4.69, 9.17) is 9.52 Å². The summed E-state index contributed by atoms with van der Waals surface area (Å²) in [5, 5.41) is 9.43. The Hall–Kier alpha value is -1.27. The van der Waals surface area contributed by atoms with Crippen molar-refractivity contribution >= 4 is 33.7 Å². The quantitative estimate of drug-likeness (QED) is 0.938. The van der Waals surface area contributed by atoms with Gasteiger partial charge in [0.25, 0.3) is 5.22 Å². The lowest BCUT2D eigenvalue weighted by atomic mass is 10.2. The van der Waals surface area contributed by atoms with Gasteiger partial charge < -0.3 is 9.52 Å². The van der Waals surface area contributed by atoms with Gasteiger partial charge in [-0.2, -0.15) is 0 Å². The van der Waals surface area contributed by atoms with Crippen molar-refractivity contribution in [2.24, 2.45) is 0 Å². The third-order valence-corrected chi connectivity index (χ3v) is 3.21. The average Bonchev–Trinajstić information content (AvgIpc) is 2.63. The van der Waals surface area contributed by atoms with Crippen molar-refractivity contribution in [3.8, 4) is 0 Å². The zero-order chi connectivity index (χ0) is 12.4. The highest BCUT2D eigenvalue weighted by atomic mass is 79.9. The fraction of sp³-hybridized carbons (Fsp3) is 0.0909. The fourth-order valence-corrected chi connectivity index (χ4v) is 2.73. The van der Waals surface area contributed by atoms with E-state index in [9.17, 15) is 4.79 Å². The second-order valence-electron chi connectivity index (χ2n) is 3.34. The molecule has 0 aliphatic heterocycles. The summed E-state index contributed by atoms with van der Waals surface area (Å²) < 4.78 is 5.91. The number of rotatable bonds is 3. The Labute approximate surface area is 110 Å². The molecule has 0 aliphatic rings. The number of carbonyl (C=O) groups is 1. The largest absolute Gasteiger partial charge is 0.478 e. The zero-order valence-corrected chi connectivity index (χ0v) is 11.2. The first kappa shape index (κ1) is 12.2. The van der Waals surface area contributed by atoms with E-state index in [0.717, 1.165) is 10.6 Å². The Bertz CT molecular complexity index is 568. The smallest absolute Gasteiger partial charge is 0.335 e. The van der Waals surface area contributed by atoms with Crippen molar-refractivity contribution in [3.63, 3.8) is 0 Å². The van der Waals surface area contributed by atoms with Gasteiger partial charge in [0, 0.05) is 9.37 Å². The molecule has 4 nitrogen and oxygen atoms in total. The number of aromatic nitrogens is 1. The Morgan fingerprint density at radius 2 is 2.24 bits per heavy atom. The van der Waals surface area contributed by atoms with Crippen LogP contribution in [0.1, 0.15) is 16.1 Å². The van der Waals surface area contributed by atoms with Crippen LogP contribution in [0.25, 0.3) is 0 Å². The minimum absolute atomic E-state index is 0.227. The van der Waals surface area contributed by atoms with Crippen LogP contribution >= 0.6 is 27.7 Å². The number of aromatic carboxylic acids is 1. The molecular formula is C11H8BrNO3S. The fourth-order valence-electron chi connectivity index (χ4n) is 1.23. The van der Waals surface area contributed by atoms with Crippen molar-refractivity contribution < 1.29 is 14.3 Å². The van der Waals surface area contributed by atoms with Gasteiger partial charge in [0.15, 0.2) is 0 Å². The van der Waals surface area contributed by atoms with Gasteiger partial charge in [-0.25, -0.2) is 9.78 Å². The van der Waals surface area contributed by atoms with E-state index in [0.29, 0.717) is 9.70 Å². The molecule has 0 unspecified atom stereocenters. The van der Waals surface area contributed by atoms with E-state index >= 15 is 0 Å². The number of oxazole rings is 1. The van der Waals surface area contributed by atoms with Crippen molar-refractivity contribution in [2.75, 3.05) is 0 Å². The first-order chi connectivity index (χ1) is 8.04. The van der Waals surface area contributed by atoms with Crippen LogP contribution in [0.3, 0.4) is 0 Å². The monoisotopic (exact) mass is 313 g/mol. The van der Waals surface area contributed by atoms with E-state index in [1.165, 1.54) is 11.8 Å². The molecule has 0 saturated carbocycles. The Morgan fingerprint density at radius 1 is 1.47 bits per heavy atom. The van der Waals surface area contributed by atoms with Crippen LogP contribution in [0.4, 0.5) is 0 Å². The zero-order valence-electron chi connectivity index (χ0n) is 8.81. The Kier molecular flexibility index (Phi) is 3.54. The summed E-state index contributed by atoms with van der Waals surface area (Å²) in [6, 6.07) is 4.95. The molecule has 88 valence electrons. The van der Waals surface area contributed by atoms with Crippen molar-refractivity contribution in [3.05, 3.63) is 40.2 Å². The molecule has 2 aromatic rings. The summed E-state index contributed by atoms with van der Waals surface area (Å²) in [4.78, 5) is 15.8. The Morgan fingerprint density at radius 3 is 2.82 bits per heavy atom. The van der Waals surface area contributed by atoms with Crippen molar-refractivity contribution in [1.29, 1.82) is 0 Å². The van der Waals surface area contributed by atoms with Gasteiger partial charge in [0.1, 0.15) is 6.26 Å². The van der Waals surface area contributed by atoms with Gasteiger partial charge in [0.05, 0.1) is 11.3 Å². The summed E-state index contributed by atoms with van der Waals surface area (Å²) in [7, 11) is 0. The molecule has 1 aromatic heterocycles. The maximum absolute atomic E-state index is 10.9. The molecule has 1 heterocycles. The van der Waals surface area contributed by atoms with Crippen LogP contribution in [0.5, 0.6) is 0 Å². The standard InChI is InChI=1S/C11H8BrNO3S/c1-6-5-16-11(13-6)17-9-3-7(10(14)15)2-8(12)4-9/h2-5H,1H3,(H,14,15). The SMILES string of the molecule is Cc1coc(Sc2cc(Br)cc(C(=O)O)c2)n1. The molecule has 0 fully saturated rings. The highest BCUT2D eigenvalue weighted by Crippen LogP contribution is 2.30. The maximum Gasteiger partial charge on any atom is 0.335 e. The third-order valence-electron chi connectivity index (χ3n) is 1.92. The van der Waals surface area contributed by atoms with Crippen LogP contribution in [0.2, 0.25) is 0 Å². The average molecular weight is 314 g/mol. The van der Waals surface area contributed by atoms with Gasteiger partial charge in [-0.1, -0.05) is 15.9 Å². The van der Waals surface area contributed by atoms with Gasteiger partial charge in [-0.15, -0.1) is 0 Å². The van der Waals surface area contributed by atoms with Gasteiger partial charge in [-0.05, 0) is 36.9 Å². The van der Waals surface area contributed by atoms with Crippen LogP contribution in [0, 0.1) is 6.92 Å². The summed E-state index contributed by atoms with van der Waals surface area (Å²) in [5.74, 6) is -0.961. The van der Waals surface area contributed by atoms with E-state index < -0.39 is 5.97 Å². The minimum Gasteiger partial charge on any atom is -0.478 e. The predicted molar refractivity (Wildman–Crippen MR) is 66.5 cm³/mol. The lowest BCUT2D eigenvalue weighted by Crippen LogP contribution is -1.96. The number of carboxylic acids is 1. The molecule has 1 aromatic carbocycles. The molecule has 2 rings (SSSR count). The summed E-state index contributed by atoms with van der Waals surface area (Å²) in [6.07, 6.45) is 1.55. The van der Waals surface area contributed by atoms with E-state index in [1.807, 2.05) is 13.0 Å². The van der Waals surface area contributed by atoms with Crippen LogP contribution in [-0.2, 0) is 0 Å². The lowest BCUT2D eigenvalue weighted by Gasteiger charge is -2.01. The Balaban J connectivity index is 2.29.